The molecule has 3 heterocycles. The average Bonchev–Trinajstić information content (AvgIpc) is 3.46. The van der Waals surface area contributed by atoms with Crippen molar-refractivity contribution in [3.63, 3.8) is 0 Å². The molecule has 0 aromatic heterocycles. The summed E-state index contributed by atoms with van der Waals surface area (Å²) in [5, 5.41) is 14.5. The number of amides is 3. The second-order valence-corrected chi connectivity index (χ2v) is 15.4. The molecule has 3 aliphatic rings. The predicted octanol–water partition coefficient (Wildman–Crippen LogP) is 4.39. The minimum Gasteiger partial charge on any atom is -0.376 e. The van der Waals surface area contributed by atoms with Gasteiger partial charge in [0.05, 0.1) is 18.1 Å². The second kappa shape index (κ2) is 15.5. The number of aliphatic hydroxyl groups excluding tert-OH is 1. The summed E-state index contributed by atoms with van der Waals surface area (Å²) < 4.78 is 0. The van der Waals surface area contributed by atoms with Crippen LogP contribution in [0.2, 0.25) is 0 Å². The van der Waals surface area contributed by atoms with Crippen molar-refractivity contribution in [1.82, 2.24) is 24.9 Å². The molecular weight excluding hydrogens is 554 g/mol. The zero-order chi connectivity index (χ0) is 32.9. The van der Waals surface area contributed by atoms with Gasteiger partial charge in [-0.2, -0.15) is 0 Å². The average molecular weight is 618 g/mol. The van der Waals surface area contributed by atoms with Gasteiger partial charge in [-0.15, -0.1) is 0 Å². The molecule has 6 atom stereocenters. The molecule has 0 aromatic rings. The summed E-state index contributed by atoms with van der Waals surface area (Å²) in [5.41, 5.74) is 0.0825. The van der Waals surface area contributed by atoms with Crippen molar-refractivity contribution in [1.29, 1.82) is 0 Å². The first-order valence-corrected chi connectivity index (χ1v) is 17.3. The fourth-order valence-electron chi connectivity index (χ4n) is 7.49. The van der Waals surface area contributed by atoms with Crippen LogP contribution in [0.5, 0.6) is 0 Å². The van der Waals surface area contributed by atoms with Crippen molar-refractivity contribution < 1.29 is 19.5 Å². The highest BCUT2D eigenvalue weighted by atomic mass is 16.3. The van der Waals surface area contributed by atoms with E-state index in [4.69, 9.17) is 0 Å². The molecule has 3 fully saturated rings. The van der Waals surface area contributed by atoms with Crippen LogP contribution in [0.4, 0.5) is 0 Å². The van der Waals surface area contributed by atoms with E-state index in [0.717, 1.165) is 58.0 Å². The Kier molecular flexibility index (Phi) is 12.9. The highest BCUT2D eigenvalue weighted by Crippen LogP contribution is 2.29. The Hall–Kier alpha value is -1.97. The molecule has 3 unspecified atom stereocenters. The molecule has 3 rings (SSSR count). The minimum atomic E-state index is -0.703. The lowest BCUT2D eigenvalue weighted by molar-refractivity contribution is -0.142. The summed E-state index contributed by atoms with van der Waals surface area (Å²) in [6.07, 6.45) is 9.13. The van der Waals surface area contributed by atoms with Crippen LogP contribution in [-0.4, -0.2) is 112 Å². The third kappa shape index (κ3) is 8.64. The molecule has 2 N–H and O–H groups in total. The van der Waals surface area contributed by atoms with Crippen LogP contribution in [0.3, 0.4) is 0 Å². The molecule has 3 aliphatic heterocycles. The standard InChI is InChI=1S/C35H63N5O4/c1-23(2)29(22-25(5)32(42)40-21-15-18-28(40)33(43)39-20-13-11-16-26(39)6)37(10)34(44)30(35(7,8)9)36-31(41)27-17-12-14-19-38(27)24(3)4/h22-24,26-30,33,43H,11-21H2,1-10H3,(H,36,41)/b25-22+/t26-,27?,28?,29-,30?,33+/m1/s1. The van der Waals surface area contributed by atoms with Crippen molar-refractivity contribution in [3.8, 4) is 0 Å². The number of nitrogens with one attached hydrogen (secondary N) is 1. The van der Waals surface area contributed by atoms with E-state index in [9.17, 15) is 19.5 Å². The van der Waals surface area contributed by atoms with Gasteiger partial charge in [-0.25, -0.2) is 0 Å². The molecule has 3 amide bonds. The minimum absolute atomic E-state index is 0.0481. The third-order valence-corrected chi connectivity index (χ3v) is 10.2. The number of likely N-dealkylation sites (tertiary alicyclic amines) is 3. The largest absolute Gasteiger partial charge is 0.376 e. The maximum atomic E-state index is 14.2. The fraction of sp³-hybridized carbons (Fsp3) is 0.857. The predicted molar refractivity (Wildman–Crippen MR) is 177 cm³/mol. The van der Waals surface area contributed by atoms with Crippen molar-refractivity contribution >= 4 is 17.7 Å². The topological polar surface area (TPSA) is 96.4 Å². The number of aliphatic hydroxyl groups is 1. The van der Waals surface area contributed by atoms with Gasteiger partial charge in [0.1, 0.15) is 12.3 Å². The van der Waals surface area contributed by atoms with Gasteiger partial charge >= 0.3 is 0 Å². The van der Waals surface area contributed by atoms with Crippen LogP contribution < -0.4 is 5.32 Å². The zero-order valence-corrected chi connectivity index (χ0v) is 29.4. The van der Waals surface area contributed by atoms with E-state index >= 15 is 0 Å². The Morgan fingerprint density at radius 2 is 1.52 bits per heavy atom. The molecule has 3 saturated heterocycles. The normalized spacial score (nSPS) is 26.5. The smallest absolute Gasteiger partial charge is 0.249 e. The number of carbonyl (C=O) groups is 3. The molecule has 9 nitrogen and oxygen atoms in total. The van der Waals surface area contributed by atoms with E-state index < -0.39 is 17.7 Å². The summed E-state index contributed by atoms with van der Waals surface area (Å²) in [7, 11) is 1.79. The first-order valence-electron chi connectivity index (χ1n) is 17.3. The molecule has 252 valence electrons. The van der Waals surface area contributed by atoms with E-state index in [0.29, 0.717) is 18.2 Å². The first kappa shape index (κ1) is 36.5. The molecule has 0 bridgehead atoms. The van der Waals surface area contributed by atoms with Crippen LogP contribution in [-0.2, 0) is 14.4 Å². The number of likely N-dealkylation sites (N-methyl/N-ethyl adjacent to an activating group) is 1. The first-order chi connectivity index (χ1) is 20.6. The van der Waals surface area contributed by atoms with Crippen LogP contribution in [0.25, 0.3) is 0 Å². The van der Waals surface area contributed by atoms with Gasteiger partial charge in [0.2, 0.25) is 17.7 Å². The van der Waals surface area contributed by atoms with Crippen molar-refractivity contribution in [3.05, 3.63) is 11.6 Å². The van der Waals surface area contributed by atoms with Crippen LogP contribution in [0.15, 0.2) is 11.6 Å². The lowest BCUT2D eigenvalue weighted by Crippen LogP contribution is -2.60. The third-order valence-electron chi connectivity index (χ3n) is 10.2. The Labute approximate surface area is 267 Å². The molecule has 0 aromatic carbocycles. The molecule has 0 aliphatic carbocycles. The van der Waals surface area contributed by atoms with Gasteiger partial charge in [-0.05, 0) is 84.1 Å². The Morgan fingerprint density at radius 3 is 2.09 bits per heavy atom. The van der Waals surface area contributed by atoms with E-state index in [1.807, 2.05) is 38.7 Å². The van der Waals surface area contributed by atoms with Crippen LogP contribution in [0, 0.1) is 11.3 Å². The molecule has 0 radical (unpaired) electrons. The Balaban J connectivity index is 1.78. The number of nitrogens with zero attached hydrogens (tertiary/aromatic N) is 4. The van der Waals surface area contributed by atoms with Crippen LogP contribution in [0.1, 0.15) is 114 Å². The number of hydrogen-bond donors (Lipinski definition) is 2. The highest BCUT2D eigenvalue weighted by molar-refractivity contribution is 5.94. The molecular formula is C35H63N5O4. The Morgan fingerprint density at radius 1 is 0.909 bits per heavy atom. The zero-order valence-electron chi connectivity index (χ0n) is 29.4. The summed E-state index contributed by atoms with van der Waals surface area (Å²) in [5.74, 6) is -0.257. The number of piperidine rings is 2. The van der Waals surface area contributed by atoms with Crippen molar-refractivity contribution in [2.75, 3.05) is 26.7 Å². The van der Waals surface area contributed by atoms with Gasteiger partial charge in [0.25, 0.3) is 0 Å². The maximum absolute atomic E-state index is 14.2. The maximum Gasteiger partial charge on any atom is 0.249 e. The van der Waals surface area contributed by atoms with E-state index in [1.54, 1.807) is 11.9 Å². The summed E-state index contributed by atoms with van der Waals surface area (Å²) in [4.78, 5) is 49.6. The molecule has 0 spiro atoms. The van der Waals surface area contributed by atoms with E-state index in [2.05, 4.69) is 49.7 Å². The summed E-state index contributed by atoms with van der Waals surface area (Å²) in [6, 6.07) is -0.929. The monoisotopic (exact) mass is 617 g/mol. The fourth-order valence-corrected chi connectivity index (χ4v) is 7.49. The SMILES string of the molecule is C/C(=C\[C@H](C(C)C)N(C)C(=O)C(NC(=O)C1CCCCN1C(C)C)C(C)(C)C)C(=O)N1CCCC1[C@H](O)N1CCCC[C@H]1C. The molecule has 0 saturated carbocycles. The van der Waals surface area contributed by atoms with Gasteiger partial charge in [0.15, 0.2) is 0 Å². The van der Waals surface area contributed by atoms with E-state index in [-0.39, 0.29) is 47.8 Å². The molecule has 9 heteroatoms. The lowest BCUT2D eigenvalue weighted by atomic mass is 9.84. The van der Waals surface area contributed by atoms with Crippen molar-refractivity contribution in [2.24, 2.45) is 11.3 Å². The number of hydrogen-bond acceptors (Lipinski definition) is 6. The Bertz CT molecular complexity index is 1020. The second-order valence-electron chi connectivity index (χ2n) is 15.4. The van der Waals surface area contributed by atoms with E-state index in [1.165, 1.54) is 6.42 Å². The highest BCUT2D eigenvalue weighted by Gasteiger charge is 2.41. The summed E-state index contributed by atoms with van der Waals surface area (Å²) >= 11 is 0. The number of rotatable bonds is 10. The van der Waals surface area contributed by atoms with Crippen molar-refractivity contribution in [2.45, 2.75) is 156 Å². The van der Waals surface area contributed by atoms with Gasteiger partial charge in [0, 0.05) is 37.8 Å². The van der Waals surface area contributed by atoms with Gasteiger partial charge in [-0.1, -0.05) is 53.5 Å². The number of carbonyl (C=O) groups excluding carboxylic acids is 3. The van der Waals surface area contributed by atoms with Crippen LogP contribution >= 0.6 is 0 Å². The lowest BCUT2D eigenvalue weighted by Gasteiger charge is -2.42. The van der Waals surface area contributed by atoms with Gasteiger partial charge in [-0.3, -0.25) is 24.2 Å². The quantitative estimate of drug-likeness (QED) is 0.353. The molecule has 44 heavy (non-hydrogen) atoms. The van der Waals surface area contributed by atoms with Gasteiger partial charge < -0.3 is 20.2 Å². The summed E-state index contributed by atoms with van der Waals surface area (Å²) in [6.45, 7) is 20.7.